The third-order valence-electron chi connectivity index (χ3n) is 5.47. The van der Waals surface area contributed by atoms with Crippen molar-refractivity contribution in [3.63, 3.8) is 0 Å². The molecule has 3 rings (SSSR count). The Morgan fingerprint density at radius 2 is 1.90 bits per heavy atom. The lowest BCUT2D eigenvalue weighted by Gasteiger charge is -2.37. The predicted octanol–water partition coefficient (Wildman–Crippen LogP) is 1.46. The zero-order valence-electron chi connectivity index (χ0n) is 12.8. The van der Waals surface area contributed by atoms with E-state index in [-0.39, 0.29) is 6.04 Å². The lowest BCUT2D eigenvalue weighted by atomic mass is 9.81. The van der Waals surface area contributed by atoms with Crippen LogP contribution in [0.4, 0.5) is 0 Å². The molecule has 3 aliphatic rings. The van der Waals surface area contributed by atoms with Crippen molar-refractivity contribution in [1.29, 1.82) is 0 Å². The first-order valence-corrected chi connectivity index (χ1v) is 8.51. The smallest absolute Gasteiger partial charge is 0.240 e. The number of rotatable bonds is 4. The molecule has 1 N–H and O–H groups in total. The number of carbonyl (C=O) groups excluding carboxylic acids is 1. The van der Waals surface area contributed by atoms with Gasteiger partial charge in [0.15, 0.2) is 0 Å². The highest BCUT2D eigenvalue weighted by Gasteiger charge is 2.37. The minimum Gasteiger partial charge on any atom is -0.339 e. The summed E-state index contributed by atoms with van der Waals surface area (Å²) in [5, 5.41) is 3.33. The molecule has 0 aromatic rings. The summed E-state index contributed by atoms with van der Waals surface area (Å²) < 4.78 is 0. The molecule has 4 heteroatoms. The van der Waals surface area contributed by atoms with Gasteiger partial charge in [-0.15, -0.1) is 0 Å². The van der Waals surface area contributed by atoms with Gasteiger partial charge in [-0.3, -0.25) is 9.69 Å². The summed E-state index contributed by atoms with van der Waals surface area (Å²) >= 11 is 0. The Morgan fingerprint density at radius 3 is 2.55 bits per heavy atom. The highest BCUT2D eigenvalue weighted by atomic mass is 16.2. The molecule has 4 nitrogen and oxygen atoms in total. The molecule has 0 aromatic carbocycles. The van der Waals surface area contributed by atoms with E-state index in [1.165, 1.54) is 32.1 Å². The van der Waals surface area contributed by atoms with Crippen LogP contribution in [0.1, 0.15) is 45.4 Å². The maximum Gasteiger partial charge on any atom is 0.240 e. The quantitative estimate of drug-likeness (QED) is 0.846. The summed E-state index contributed by atoms with van der Waals surface area (Å²) in [6.07, 6.45) is 7.80. The normalized spacial score (nSPS) is 30.2. The van der Waals surface area contributed by atoms with Crippen LogP contribution in [-0.4, -0.2) is 60.5 Å². The second kappa shape index (κ2) is 6.44. The lowest BCUT2D eigenvalue weighted by Crippen LogP contribution is -2.54. The van der Waals surface area contributed by atoms with Crippen molar-refractivity contribution in [3.05, 3.63) is 0 Å². The van der Waals surface area contributed by atoms with Gasteiger partial charge in [-0.05, 0) is 38.6 Å². The van der Waals surface area contributed by atoms with Gasteiger partial charge in [-0.25, -0.2) is 0 Å². The van der Waals surface area contributed by atoms with Crippen LogP contribution in [0.3, 0.4) is 0 Å². The van der Waals surface area contributed by atoms with Crippen molar-refractivity contribution in [1.82, 2.24) is 15.1 Å². The van der Waals surface area contributed by atoms with E-state index in [9.17, 15) is 4.79 Å². The Balaban J connectivity index is 1.57. The van der Waals surface area contributed by atoms with Crippen molar-refractivity contribution in [2.75, 3.05) is 32.7 Å². The van der Waals surface area contributed by atoms with Crippen molar-refractivity contribution in [2.45, 2.75) is 57.5 Å². The molecule has 114 valence electrons. The minimum absolute atomic E-state index is 0.170. The Morgan fingerprint density at radius 1 is 1.15 bits per heavy atom. The maximum atomic E-state index is 12.7. The molecule has 2 atom stereocenters. The number of hydrogen-bond acceptors (Lipinski definition) is 3. The fourth-order valence-corrected chi connectivity index (χ4v) is 4.02. The molecule has 1 saturated carbocycles. The minimum atomic E-state index is 0.170. The number of likely N-dealkylation sites (tertiary alicyclic amines) is 1. The second-order valence-electron chi connectivity index (χ2n) is 6.85. The molecule has 0 spiro atoms. The first kappa shape index (κ1) is 14.3. The van der Waals surface area contributed by atoms with Crippen molar-refractivity contribution in [3.8, 4) is 0 Å². The van der Waals surface area contributed by atoms with Gasteiger partial charge < -0.3 is 10.2 Å². The largest absolute Gasteiger partial charge is 0.339 e. The summed E-state index contributed by atoms with van der Waals surface area (Å²) in [4.78, 5) is 17.3. The molecule has 0 radical (unpaired) electrons. The number of nitrogens with zero attached hydrogens (tertiary/aromatic N) is 2. The van der Waals surface area contributed by atoms with E-state index < -0.39 is 0 Å². The Kier molecular flexibility index (Phi) is 4.61. The summed E-state index contributed by atoms with van der Waals surface area (Å²) in [5.41, 5.74) is 0. The van der Waals surface area contributed by atoms with Crippen LogP contribution >= 0.6 is 0 Å². The summed E-state index contributed by atoms with van der Waals surface area (Å²) in [7, 11) is 0. The molecule has 2 saturated heterocycles. The standard InChI is InChI=1S/C16H29N3O/c1-13(12-14-4-2-5-14)19-9-3-6-15(19)16(20)18-10-7-17-8-11-18/h13-15,17H,2-12H2,1H3. The first-order valence-electron chi connectivity index (χ1n) is 8.51. The molecule has 20 heavy (non-hydrogen) atoms. The number of carbonyl (C=O) groups is 1. The van der Waals surface area contributed by atoms with E-state index >= 15 is 0 Å². The van der Waals surface area contributed by atoms with Gasteiger partial charge in [0, 0.05) is 32.2 Å². The molecule has 0 aromatic heterocycles. The van der Waals surface area contributed by atoms with E-state index in [2.05, 4.69) is 22.0 Å². The molecule has 0 bridgehead atoms. The highest BCUT2D eigenvalue weighted by Crippen LogP contribution is 2.33. The maximum absolute atomic E-state index is 12.7. The van der Waals surface area contributed by atoms with Crippen molar-refractivity contribution in [2.24, 2.45) is 5.92 Å². The van der Waals surface area contributed by atoms with Crippen LogP contribution in [0.2, 0.25) is 0 Å². The SMILES string of the molecule is CC(CC1CCC1)N1CCCC1C(=O)N1CCNCC1. The van der Waals surface area contributed by atoms with E-state index in [0.717, 1.165) is 45.1 Å². The average molecular weight is 279 g/mol. The number of amides is 1. The van der Waals surface area contributed by atoms with Crippen LogP contribution in [0, 0.1) is 5.92 Å². The molecular weight excluding hydrogens is 250 g/mol. The average Bonchev–Trinajstić information content (AvgIpc) is 2.92. The summed E-state index contributed by atoms with van der Waals surface area (Å²) in [6.45, 7) is 7.14. The molecule has 2 heterocycles. The van der Waals surface area contributed by atoms with Gasteiger partial charge in [-0.1, -0.05) is 19.3 Å². The van der Waals surface area contributed by atoms with Gasteiger partial charge in [0.1, 0.15) is 0 Å². The first-order chi connectivity index (χ1) is 9.75. The van der Waals surface area contributed by atoms with Crippen LogP contribution in [0.15, 0.2) is 0 Å². The van der Waals surface area contributed by atoms with E-state index in [0.29, 0.717) is 11.9 Å². The fourth-order valence-electron chi connectivity index (χ4n) is 4.02. The Hall–Kier alpha value is -0.610. The van der Waals surface area contributed by atoms with Gasteiger partial charge >= 0.3 is 0 Å². The fraction of sp³-hybridized carbons (Fsp3) is 0.938. The van der Waals surface area contributed by atoms with Gasteiger partial charge in [0.2, 0.25) is 5.91 Å². The molecule has 2 unspecified atom stereocenters. The lowest BCUT2D eigenvalue weighted by molar-refractivity contribution is -0.137. The van der Waals surface area contributed by atoms with Crippen LogP contribution in [0.25, 0.3) is 0 Å². The van der Waals surface area contributed by atoms with E-state index in [4.69, 9.17) is 0 Å². The highest BCUT2D eigenvalue weighted by molar-refractivity contribution is 5.82. The monoisotopic (exact) mass is 279 g/mol. The number of hydrogen-bond donors (Lipinski definition) is 1. The molecule has 2 aliphatic heterocycles. The van der Waals surface area contributed by atoms with Gasteiger partial charge in [0.25, 0.3) is 0 Å². The predicted molar refractivity (Wildman–Crippen MR) is 80.6 cm³/mol. The van der Waals surface area contributed by atoms with Crippen molar-refractivity contribution >= 4 is 5.91 Å². The van der Waals surface area contributed by atoms with E-state index in [1.54, 1.807) is 0 Å². The van der Waals surface area contributed by atoms with Gasteiger partial charge in [-0.2, -0.15) is 0 Å². The number of nitrogens with one attached hydrogen (secondary N) is 1. The van der Waals surface area contributed by atoms with Crippen LogP contribution in [-0.2, 0) is 4.79 Å². The third-order valence-corrected chi connectivity index (χ3v) is 5.47. The van der Waals surface area contributed by atoms with E-state index in [1.807, 2.05) is 0 Å². The van der Waals surface area contributed by atoms with Gasteiger partial charge in [0.05, 0.1) is 6.04 Å². The molecule has 3 fully saturated rings. The van der Waals surface area contributed by atoms with Crippen LogP contribution < -0.4 is 5.32 Å². The summed E-state index contributed by atoms with van der Waals surface area (Å²) in [6, 6.07) is 0.753. The molecular formula is C16H29N3O. The topological polar surface area (TPSA) is 35.6 Å². The third kappa shape index (κ3) is 3.01. The zero-order chi connectivity index (χ0) is 13.9. The van der Waals surface area contributed by atoms with Crippen LogP contribution in [0.5, 0.6) is 0 Å². The second-order valence-corrected chi connectivity index (χ2v) is 6.85. The Labute approximate surface area is 122 Å². The summed E-state index contributed by atoms with van der Waals surface area (Å²) in [5.74, 6) is 1.32. The van der Waals surface area contributed by atoms with Crippen molar-refractivity contribution < 1.29 is 4.79 Å². The zero-order valence-corrected chi connectivity index (χ0v) is 12.8. The Bertz CT molecular complexity index is 337. The molecule has 1 amide bonds. The number of piperazine rings is 1. The molecule has 1 aliphatic carbocycles.